The summed E-state index contributed by atoms with van der Waals surface area (Å²) in [4.78, 5) is 4.21. The summed E-state index contributed by atoms with van der Waals surface area (Å²) in [7, 11) is 0. The molecule has 3 heteroatoms. The van der Waals surface area contributed by atoms with Gasteiger partial charge in [0.25, 0.3) is 0 Å². The molecule has 0 N–H and O–H groups in total. The molecule has 0 amide bonds. The highest BCUT2D eigenvalue weighted by Gasteiger charge is 2.18. The number of nitrogens with zero attached hydrogens (tertiary/aromatic N) is 2. The summed E-state index contributed by atoms with van der Waals surface area (Å²) in [6.45, 7) is 10.1. The van der Waals surface area contributed by atoms with Gasteiger partial charge in [-0.3, -0.25) is 0 Å². The number of aryl methyl sites for hydroxylation is 1. The minimum atomic E-state index is 0.0987. The quantitative estimate of drug-likeness (QED) is 0.838. The highest BCUT2D eigenvalue weighted by molar-refractivity contribution is 5.38. The second-order valence-corrected chi connectivity index (χ2v) is 5.76. The van der Waals surface area contributed by atoms with Crippen LogP contribution < -0.4 is 4.74 Å². The molecule has 0 aliphatic heterocycles. The summed E-state index contributed by atoms with van der Waals surface area (Å²) in [6.07, 6.45) is 3.80. The van der Waals surface area contributed by atoms with Crippen LogP contribution in [0.2, 0.25) is 0 Å². The Labute approximate surface area is 115 Å². The standard InChI is InChI=1S/C16H22N2O/c1-13-17-9-10-18(13)11-12-19-15-8-6-5-7-14(15)16(2,3)4/h5-10H,11-12H2,1-4H3. The van der Waals surface area contributed by atoms with Crippen molar-refractivity contribution < 1.29 is 4.74 Å². The average Bonchev–Trinajstić information content (AvgIpc) is 2.75. The topological polar surface area (TPSA) is 27.1 Å². The zero-order valence-corrected chi connectivity index (χ0v) is 12.2. The lowest BCUT2D eigenvalue weighted by Crippen LogP contribution is -2.15. The van der Waals surface area contributed by atoms with Crippen LogP contribution in [0, 0.1) is 6.92 Å². The zero-order chi connectivity index (χ0) is 13.9. The predicted octanol–water partition coefficient (Wildman–Crippen LogP) is 3.57. The third kappa shape index (κ3) is 3.37. The van der Waals surface area contributed by atoms with Crippen molar-refractivity contribution in [1.29, 1.82) is 0 Å². The van der Waals surface area contributed by atoms with Gasteiger partial charge in [0.2, 0.25) is 0 Å². The monoisotopic (exact) mass is 258 g/mol. The van der Waals surface area contributed by atoms with Crippen LogP contribution in [0.15, 0.2) is 36.7 Å². The van der Waals surface area contributed by atoms with Gasteiger partial charge in [-0.25, -0.2) is 4.98 Å². The van der Waals surface area contributed by atoms with Gasteiger partial charge in [0, 0.05) is 12.4 Å². The first-order chi connectivity index (χ1) is 8.98. The summed E-state index contributed by atoms with van der Waals surface area (Å²) in [6, 6.07) is 8.26. The van der Waals surface area contributed by atoms with Crippen LogP contribution in [0.3, 0.4) is 0 Å². The lowest BCUT2D eigenvalue weighted by molar-refractivity contribution is 0.289. The van der Waals surface area contributed by atoms with E-state index in [0.29, 0.717) is 6.61 Å². The molecule has 0 unspecified atom stereocenters. The van der Waals surface area contributed by atoms with E-state index in [1.54, 1.807) is 0 Å². The molecule has 3 nitrogen and oxygen atoms in total. The van der Waals surface area contributed by atoms with Gasteiger partial charge in [-0.2, -0.15) is 0 Å². The van der Waals surface area contributed by atoms with Gasteiger partial charge < -0.3 is 9.30 Å². The van der Waals surface area contributed by atoms with Crippen molar-refractivity contribution in [3.63, 3.8) is 0 Å². The van der Waals surface area contributed by atoms with Crippen LogP contribution in [0.4, 0.5) is 0 Å². The predicted molar refractivity (Wildman–Crippen MR) is 77.6 cm³/mol. The molecular weight excluding hydrogens is 236 g/mol. The fourth-order valence-corrected chi connectivity index (χ4v) is 2.11. The van der Waals surface area contributed by atoms with Crippen molar-refractivity contribution in [3.8, 4) is 5.75 Å². The molecule has 0 aliphatic carbocycles. The number of benzene rings is 1. The van der Waals surface area contributed by atoms with Gasteiger partial charge >= 0.3 is 0 Å². The van der Waals surface area contributed by atoms with E-state index >= 15 is 0 Å². The van der Waals surface area contributed by atoms with Crippen molar-refractivity contribution in [3.05, 3.63) is 48.0 Å². The second kappa shape index (κ2) is 5.47. The van der Waals surface area contributed by atoms with E-state index < -0.39 is 0 Å². The molecule has 0 radical (unpaired) electrons. The molecular formula is C16H22N2O. The number of hydrogen-bond donors (Lipinski definition) is 0. The maximum Gasteiger partial charge on any atom is 0.123 e. The summed E-state index contributed by atoms with van der Waals surface area (Å²) in [5.41, 5.74) is 1.35. The minimum Gasteiger partial charge on any atom is -0.491 e. The molecule has 2 rings (SSSR count). The molecule has 0 saturated heterocycles. The molecule has 2 aromatic rings. The molecule has 102 valence electrons. The highest BCUT2D eigenvalue weighted by atomic mass is 16.5. The largest absolute Gasteiger partial charge is 0.491 e. The maximum absolute atomic E-state index is 5.94. The molecule has 1 aromatic heterocycles. The SMILES string of the molecule is Cc1nccn1CCOc1ccccc1C(C)(C)C. The van der Waals surface area contributed by atoms with E-state index in [1.807, 2.05) is 31.5 Å². The van der Waals surface area contributed by atoms with Gasteiger partial charge in [0.1, 0.15) is 18.2 Å². The molecule has 0 bridgehead atoms. The number of ether oxygens (including phenoxy) is 1. The summed E-state index contributed by atoms with van der Waals surface area (Å²) in [5, 5.41) is 0. The minimum absolute atomic E-state index is 0.0987. The van der Waals surface area contributed by atoms with Crippen LogP contribution in [-0.4, -0.2) is 16.2 Å². The zero-order valence-electron chi connectivity index (χ0n) is 12.2. The average molecular weight is 258 g/mol. The first-order valence-electron chi connectivity index (χ1n) is 6.68. The van der Waals surface area contributed by atoms with Crippen molar-refractivity contribution in [2.45, 2.75) is 39.7 Å². The molecule has 1 aromatic carbocycles. The number of para-hydroxylation sites is 1. The van der Waals surface area contributed by atoms with Gasteiger partial charge in [0.05, 0.1) is 6.54 Å². The molecule has 0 atom stereocenters. The van der Waals surface area contributed by atoms with Crippen LogP contribution in [-0.2, 0) is 12.0 Å². The van der Waals surface area contributed by atoms with E-state index in [2.05, 4.69) is 42.5 Å². The Hall–Kier alpha value is -1.77. The van der Waals surface area contributed by atoms with Crippen molar-refractivity contribution in [2.24, 2.45) is 0 Å². The number of hydrogen-bond acceptors (Lipinski definition) is 2. The molecule has 0 saturated carbocycles. The Morgan fingerprint density at radius 3 is 2.58 bits per heavy atom. The fraction of sp³-hybridized carbons (Fsp3) is 0.438. The normalized spacial score (nSPS) is 11.6. The summed E-state index contributed by atoms with van der Waals surface area (Å²) in [5.74, 6) is 2.00. The number of imidazole rings is 1. The molecule has 0 spiro atoms. The van der Waals surface area contributed by atoms with Crippen molar-refractivity contribution >= 4 is 0 Å². The molecule has 1 heterocycles. The van der Waals surface area contributed by atoms with E-state index in [9.17, 15) is 0 Å². The van der Waals surface area contributed by atoms with Crippen LogP contribution in [0.25, 0.3) is 0 Å². The van der Waals surface area contributed by atoms with Gasteiger partial charge in [-0.1, -0.05) is 39.0 Å². The van der Waals surface area contributed by atoms with Gasteiger partial charge in [-0.15, -0.1) is 0 Å². The fourth-order valence-electron chi connectivity index (χ4n) is 2.11. The third-order valence-electron chi connectivity index (χ3n) is 3.21. The van der Waals surface area contributed by atoms with Crippen molar-refractivity contribution in [2.75, 3.05) is 6.61 Å². The van der Waals surface area contributed by atoms with E-state index in [4.69, 9.17) is 4.74 Å². The highest BCUT2D eigenvalue weighted by Crippen LogP contribution is 2.30. The Balaban J connectivity index is 2.02. The Morgan fingerprint density at radius 2 is 1.95 bits per heavy atom. The van der Waals surface area contributed by atoms with Crippen molar-refractivity contribution in [1.82, 2.24) is 9.55 Å². The second-order valence-electron chi connectivity index (χ2n) is 5.76. The summed E-state index contributed by atoms with van der Waals surface area (Å²) < 4.78 is 8.04. The molecule has 0 aliphatic rings. The van der Waals surface area contributed by atoms with E-state index in [0.717, 1.165) is 18.1 Å². The maximum atomic E-state index is 5.94. The third-order valence-corrected chi connectivity index (χ3v) is 3.21. The Morgan fingerprint density at radius 1 is 1.21 bits per heavy atom. The van der Waals surface area contributed by atoms with Crippen LogP contribution in [0.5, 0.6) is 5.75 Å². The Kier molecular flexibility index (Phi) is 3.93. The van der Waals surface area contributed by atoms with Gasteiger partial charge in [-0.05, 0) is 24.0 Å². The molecule has 19 heavy (non-hydrogen) atoms. The number of rotatable bonds is 4. The lowest BCUT2D eigenvalue weighted by Gasteiger charge is -2.22. The summed E-state index contributed by atoms with van der Waals surface area (Å²) >= 11 is 0. The van der Waals surface area contributed by atoms with E-state index in [1.165, 1.54) is 5.56 Å². The van der Waals surface area contributed by atoms with Crippen LogP contribution >= 0.6 is 0 Å². The lowest BCUT2D eigenvalue weighted by atomic mass is 9.86. The Bertz CT molecular complexity index is 538. The first kappa shape index (κ1) is 13.7. The number of aromatic nitrogens is 2. The van der Waals surface area contributed by atoms with Gasteiger partial charge in [0.15, 0.2) is 0 Å². The first-order valence-corrected chi connectivity index (χ1v) is 6.68. The molecule has 0 fully saturated rings. The van der Waals surface area contributed by atoms with E-state index in [-0.39, 0.29) is 5.41 Å². The smallest absolute Gasteiger partial charge is 0.123 e. The van der Waals surface area contributed by atoms with Crippen LogP contribution in [0.1, 0.15) is 32.2 Å².